The lowest BCUT2D eigenvalue weighted by molar-refractivity contribution is -0.361. The Morgan fingerprint density at radius 1 is 0.685 bits per heavy atom. The van der Waals surface area contributed by atoms with Crippen LogP contribution in [0.5, 0.6) is 5.75 Å². The van der Waals surface area contributed by atoms with Crippen molar-refractivity contribution in [3.8, 4) is 5.75 Å². The van der Waals surface area contributed by atoms with E-state index in [0.29, 0.717) is 17.9 Å². The van der Waals surface area contributed by atoms with E-state index in [1.54, 1.807) is 24.3 Å². The van der Waals surface area contributed by atoms with Crippen molar-refractivity contribution in [3.63, 3.8) is 0 Å². The van der Waals surface area contributed by atoms with E-state index in [-0.39, 0.29) is 6.54 Å². The van der Waals surface area contributed by atoms with Crippen molar-refractivity contribution in [3.05, 3.63) is 42.0 Å². The Morgan fingerprint density at radius 2 is 1.23 bits per heavy atom. The van der Waals surface area contributed by atoms with Gasteiger partial charge in [0, 0.05) is 26.8 Å². The lowest BCUT2D eigenvalue weighted by Crippen LogP contribution is -2.71. The molecule has 0 bridgehead atoms. The molecule has 0 radical (unpaired) electrons. The molecule has 4 aliphatic rings. The van der Waals surface area contributed by atoms with Crippen LogP contribution in [0.15, 0.2) is 36.4 Å². The third kappa shape index (κ3) is 17.7. The summed E-state index contributed by atoms with van der Waals surface area (Å²) in [4.78, 5) is 25.2. The van der Waals surface area contributed by atoms with Gasteiger partial charge in [0.05, 0.1) is 45.2 Å². The Bertz CT molecular complexity index is 1980. The highest BCUT2D eigenvalue weighted by Gasteiger charge is 2.55. The predicted octanol–water partition coefficient (Wildman–Crippen LogP) is -3.12. The first-order valence-corrected chi connectivity index (χ1v) is 25.9. The number of nitrogens with one attached hydrogen (secondary N) is 3. The van der Waals surface area contributed by atoms with E-state index in [4.69, 9.17) is 42.4 Å². The molecule has 418 valence electrons. The van der Waals surface area contributed by atoms with Crippen LogP contribution in [0.4, 0.5) is 0 Å². The molecule has 4 heterocycles. The third-order valence-electron chi connectivity index (χ3n) is 12.7. The summed E-state index contributed by atoms with van der Waals surface area (Å²) < 4.78 is 83.7. The number of hydrogen-bond donors (Lipinski definition) is 13. The number of aliphatic hydroxyl groups excluding tert-OH is 9. The van der Waals surface area contributed by atoms with Crippen LogP contribution in [0.1, 0.15) is 77.7 Å². The molecule has 4 aliphatic heterocycles. The van der Waals surface area contributed by atoms with Gasteiger partial charge in [0.2, 0.25) is 11.8 Å². The quantitative estimate of drug-likeness (QED) is 0.0235. The van der Waals surface area contributed by atoms with E-state index < -0.39 is 172 Å². The van der Waals surface area contributed by atoms with Gasteiger partial charge in [-0.3, -0.25) is 14.1 Å². The lowest BCUT2D eigenvalue weighted by Gasteiger charge is -2.50. The molecule has 2 amide bonds. The van der Waals surface area contributed by atoms with Crippen LogP contribution >= 0.6 is 0 Å². The van der Waals surface area contributed by atoms with Crippen molar-refractivity contribution in [2.24, 2.45) is 0 Å². The SMILES string of the molecule is CCCCCCC=CCCCOc1cccc(CN[C@H]2[C@H](O[C@H]3[C@H](O)[C@@H](NC(C)=O)[C@H](O[C@H]4[C@H](O)[C@@H](NC(C)=O)[C@H](O[C@H]5[C@H](O)CC(O)O[C@@H]5COS(=O)(=O)O)O[C@@H]4CO)O[C@@H]3CO)O[C@H](CO)[C@@H](O)[C@@H]2O)c1. The molecule has 4 saturated heterocycles. The molecule has 4 fully saturated rings. The second kappa shape index (κ2) is 29.4. The molecule has 0 aromatic heterocycles. The first-order valence-electron chi connectivity index (χ1n) is 24.5. The predicted molar refractivity (Wildman–Crippen MR) is 250 cm³/mol. The van der Waals surface area contributed by atoms with E-state index in [2.05, 4.69) is 39.2 Å². The van der Waals surface area contributed by atoms with Gasteiger partial charge in [-0.15, -0.1) is 0 Å². The summed E-state index contributed by atoms with van der Waals surface area (Å²) in [5.41, 5.74) is 0.706. The summed E-state index contributed by atoms with van der Waals surface area (Å²) in [5, 5.41) is 106. The smallest absolute Gasteiger partial charge is 0.397 e. The minimum absolute atomic E-state index is 0.0708. The van der Waals surface area contributed by atoms with Gasteiger partial charge in [0.25, 0.3) is 0 Å². The fraction of sp³-hybridized carbons (Fsp3) is 0.783. The van der Waals surface area contributed by atoms with Crippen LogP contribution in [0.25, 0.3) is 0 Å². The maximum absolute atomic E-state index is 12.7. The van der Waals surface area contributed by atoms with Crippen LogP contribution in [0, 0.1) is 0 Å². The molecule has 26 nitrogen and oxygen atoms in total. The Balaban J connectivity index is 1.30. The number of benzene rings is 1. The summed E-state index contributed by atoms with van der Waals surface area (Å²) >= 11 is 0. The van der Waals surface area contributed by atoms with Crippen molar-refractivity contribution >= 4 is 22.2 Å². The van der Waals surface area contributed by atoms with Gasteiger partial charge in [0.1, 0.15) is 85.0 Å². The number of unbranched alkanes of at least 4 members (excludes halogenated alkanes) is 5. The number of carbonyl (C=O) groups is 2. The minimum Gasteiger partial charge on any atom is -0.494 e. The van der Waals surface area contributed by atoms with Gasteiger partial charge < -0.3 is 99.8 Å². The number of carbonyl (C=O) groups excluding carboxylic acids is 2. The summed E-state index contributed by atoms with van der Waals surface area (Å²) in [6.45, 7) is 1.32. The van der Waals surface area contributed by atoms with Gasteiger partial charge in [-0.2, -0.15) is 8.42 Å². The van der Waals surface area contributed by atoms with Crippen LogP contribution in [-0.4, -0.2) is 220 Å². The Kier molecular flexibility index (Phi) is 24.5. The molecule has 1 aromatic carbocycles. The summed E-state index contributed by atoms with van der Waals surface area (Å²) in [6.07, 6.45) is -15.0. The average Bonchev–Trinajstić information content (AvgIpc) is 3.33. The minimum atomic E-state index is -5.05. The van der Waals surface area contributed by atoms with E-state index in [9.17, 15) is 64.0 Å². The third-order valence-corrected chi connectivity index (χ3v) is 13.2. The highest BCUT2D eigenvalue weighted by Crippen LogP contribution is 2.35. The second-order valence-electron chi connectivity index (χ2n) is 18.4. The van der Waals surface area contributed by atoms with Crippen LogP contribution in [0.3, 0.4) is 0 Å². The first-order chi connectivity index (χ1) is 34.8. The molecule has 0 aliphatic carbocycles. The topological polar surface area (TPSA) is 390 Å². The summed E-state index contributed by atoms with van der Waals surface area (Å²) in [5.74, 6) is -0.900. The molecule has 1 aromatic rings. The molecule has 0 spiro atoms. The highest BCUT2D eigenvalue weighted by atomic mass is 32.3. The zero-order valence-electron chi connectivity index (χ0n) is 41.0. The molecule has 1 unspecified atom stereocenters. The first kappa shape index (κ1) is 60.8. The number of ether oxygens (including phenoxy) is 8. The Hall–Kier alpha value is -3.11. The normalized spacial score (nSPS) is 36.2. The standard InChI is InChI=1S/C46H75N3O23S/c1-4-5-6-7-8-9-10-11-12-16-64-27-15-13-14-26(17-27)19-47-34-38(58)37(57)29(20-50)67-44(34)71-42-30(21-51)69-46(36(40(42)60)49-25(3)54)72-43-31(22-52)68-45(35(39(43)59)48-24(2)53)70-41-28(55)18-33(56)66-32(41)23-65-73(61,62)63/h9-10,13-15,17,28-47,50-52,55-60H,4-8,11-12,16,18-23H2,1-3H3,(H,48,53)(H,49,54)(H,61,62,63)/t28-,29-,30-,31-,32-,33?,34-,35-,36-,37-,38-,39-,40-,41+,42-,43-,44+,45+,46+/m1/s1. The molecule has 0 saturated carbocycles. The fourth-order valence-corrected chi connectivity index (χ4v) is 9.35. The van der Waals surface area contributed by atoms with Gasteiger partial charge in [-0.05, 0) is 43.4 Å². The molecule has 5 rings (SSSR count). The zero-order valence-corrected chi connectivity index (χ0v) is 41.8. The van der Waals surface area contributed by atoms with Gasteiger partial charge >= 0.3 is 10.4 Å². The zero-order chi connectivity index (χ0) is 53.4. The van der Waals surface area contributed by atoms with Gasteiger partial charge in [0.15, 0.2) is 25.2 Å². The number of aliphatic hydroxyl groups is 9. The van der Waals surface area contributed by atoms with Crippen molar-refractivity contribution in [1.82, 2.24) is 16.0 Å². The number of rotatable bonds is 27. The summed E-state index contributed by atoms with van der Waals surface area (Å²) in [6, 6.07) is 2.68. The Labute approximate surface area is 423 Å². The van der Waals surface area contributed by atoms with Crippen molar-refractivity contribution < 1.29 is 111 Å². The van der Waals surface area contributed by atoms with Crippen molar-refractivity contribution in [1.29, 1.82) is 0 Å². The Morgan fingerprint density at radius 3 is 1.78 bits per heavy atom. The molecular weight excluding hydrogens is 995 g/mol. The number of amides is 2. The number of hydrogen-bond acceptors (Lipinski definition) is 23. The molecule has 27 heteroatoms. The van der Waals surface area contributed by atoms with Crippen LogP contribution in [-0.2, 0) is 63.9 Å². The monoisotopic (exact) mass is 1070 g/mol. The van der Waals surface area contributed by atoms with Gasteiger partial charge in [-0.1, -0.05) is 50.5 Å². The van der Waals surface area contributed by atoms with E-state index in [1.807, 2.05) is 0 Å². The molecule has 73 heavy (non-hydrogen) atoms. The maximum atomic E-state index is 12.7. The highest BCUT2D eigenvalue weighted by molar-refractivity contribution is 7.80. The van der Waals surface area contributed by atoms with Crippen molar-refractivity contribution in [2.45, 2.75) is 195 Å². The van der Waals surface area contributed by atoms with E-state index in [0.717, 1.165) is 33.1 Å². The van der Waals surface area contributed by atoms with Gasteiger partial charge in [-0.25, -0.2) is 4.18 Å². The van der Waals surface area contributed by atoms with E-state index in [1.165, 1.54) is 25.7 Å². The fourth-order valence-electron chi connectivity index (χ4n) is 9.04. The second-order valence-corrected chi connectivity index (χ2v) is 19.5. The average molecular weight is 1070 g/mol. The maximum Gasteiger partial charge on any atom is 0.397 e. The lowest BCUT2D eigenvalue weighted by atomic mass is 9.93. The molecule has 19 atom stereocenters. The summed E-state index contributed by atoms with van der Waals surface area (Å²) in [7, 11) is -5.05. The van der Waals surface area contributed by atoms with Crippen LogP contribution in [0.2, 0.25) is 0 Å². The molecular formula is C46H75N3O23S. The van der Waals surface area contributed by atoms with Crippen LogP contribution < -0.4 is 20.7 Å². The van der Waals surface area contributed by atoms with Crippen molar-refractivity contribution in [2.75, 3.05) is 33.0 Å². The van der Waals surface area contributed by atoms with E-state index >= 15 is 0 Å². The molecule has 13 N–H and O–H groups in total. The largest absolute Gasteiger partial charge is 0.494 e. The number of allylic oxidation sites excluding steroid dienone is 2.